The molecule has 1 N–H and O–H groups in total. The molecule has 0 bridgehead atoms. The smallest absolute Gasteiger partial charge is 0.133 e. The van der Waals surface area contributed by atoms with Crippen LogP contribution in [0.15, 0.2) is 22.7 Å². The summed E-state index contributed by atoms with van der Waals surface area (Å²) in [5.41, 5.74) is 0. The molecular weight excluding hydrogens is 285 g/mol. The third-order valence-corrected chi connectivity index (χ3v) is 2.95. The summed E-state index contributed by atoms with van der Waals surface area (Å²) in [5, 5.41) is 3.34. The van der Waals surface area contributed by atoms with Gasteiger partial charge in [0.1, 0.15) is 11.6 Å². The zero-order valence-electron chi connectivity index (χ0n) is 10.1. The van der Waals surface area contributed by atoms with Crippen LogP contribution in [0.4, 0.5) is 4.39 Å². The summed E-state index contributed by atoms with van der Waals surface area (Å²) in [6.07, 6.45) is 3.26. The highest BCUT2D eigenvalue weighted by Crippen LogP contribution is 2.25. The van der Waals surface area contributed by atoms with Crippen molar-refractivity contribution in [3.8, 4) is 5.75 Å². The van der Waals surface area contributed by atoms with Gasteiger partial charge in [0.25, 0.3) is 0 Å². The van der Waals surface area contributed by atoms with E-state index in [1.807, 2.05) is 0 Å². The maximum atomic E-state index is 12.8. The Bertz CT molecular complexity index is 333. The first-order chi connectivity index (χ1) is 8.24. The van der Waals surface area contributed by atoms with E-state index in [1.54, 1.807) is 6.07 Å². The van der Waals surface area contributed by atoms with Gasteiger partial charge in [-0.15, -0.1) is 0 Å². The first-order valence-electron chi connectivity index (χ1n) is 6.02. The minimum atomic E-state index is -0.256. The van der Waals surface area contributed by atoms with Gasteiger partial charge in [0.15, 0.2) is 0 Å². The largest absolute Gasteiger partial charge is 0.492 e. The lowest BCUT2D eigenvalue weighted by molar-refractivity contribution is 0.303. The van der Waals surface area contributed by atoms with E-state index in [1.165, 1.54) is 18.6 Å². The second-order valence-electron chi connectivity index (χ2n) is 3.88. The molecule has 0 aliphatic heterocycles. The Labute approximate surface area is 111 Å². The minimum absolute atomic E-state index is 0.256. The van der Waals surface area contributed by atoms with Crippen molar-refractivity contribution in [2.24, 2.45) is 0 Å². The van der Waals surface area contributed by atoms with Crippen LogP contribution in [-0.2, 0) is 0 Å². The molecule has 0 saturated carbocycles. The zero-order valence-corrected chi connectivity index (χ0v) is 11.7. The molecule has 0 radical (unpaired) electrons. The third kappa shape index (κ3) is 6.03. The van der Waals surface area contributed by atoms with E-state index in [9.17, 15) is 4.39 Å². The molecule has 1 aromatic carbocycles. The summed E-state index contributed by atoms with van der Waals surface area (Å²) in [4.78, 5) is 0. The van der Waals surface area contributed by atoms with Crippen LogP contribution in [0.2, 0.25) is 0 Å². The maximum Gasteiger partial charge on any atom is 0.133 e. The number of hydrogen-bond donors (Lipinski definition) is 1. The molecule has 1 aromatic rings. The summed E-state index contributed by atoms with van der Waals surface area (Å²) >= 11 is 3.27. The van der Waals surface area contributed by atoms with Crippen LogP contribution < -0.4 is 10.1 Å². The van der Waals surface area contributed by atoms with Crippen molar-refractivity contribution >= 4 is 15.9 Å². The van der Waals surface area contributed by atoms with Gasteiger partial charge in [-0.1, -0.05) is 6.92 Å². The fourth-order valence-corrected chi connectivity index (χ4v) is 1.89. The third-order valence-electron chi connectivity index (χ3n) is 2.33. The summed E-state index contributed by atoms with van der Waals surface area (Å²) in [7, 11) is 0. The first-order valence-corrected chi connectivity index (χ1v) is 6.82. The van der Waals surface area contributed by atoms with Crippen molar-refractivity contribution in [1.82, 2.24) is 5.32 Å². The fourth-order valence-electron chi connectivity index (χ4n) is 1.43. The molecule has 0 fully saturated rings. The number of ether oxygens (including phenoxy) is 1. The highest BCUT2D eigenvalue weighted by molar-refractivity contribution is 9.10. The van der Waals surface area contributed by atoms with Gasteiger partial charge in [0, 0.05) is 0 Å². The predicted octanol–water partition coefficient (Wildman–Crippen LogP) is 3.75. The Hall–Kier alpha value is -0.610. The average molecular weight is 304 g/mol. The Morgan fingerprint density at radius 3 is 2.82 bits per heavy atom. The number of nitrogens with one attached hydrogen (secondary N) is 1. The van der Waals surface area contributed by atoms with Crippen LogP contribution >= 0.6 is 15.9 Å². The lowest BCUT2D eigenvalue weighted by atomic mass is 10.3. The van der Waals surface area contributed by atoms with E-state index >= 15 is 0 Å². The molecule has 0 unspecified atom stereocenters. The van der Waals surface area contributed by atoms with Crippen LogP contribution in [0.25, 0.3) is 0 Å². The molecule has 4 heteroatoms. The van der Waals surface area contributed by atoms with Gasteiger partial charge in [-0.3, -0.25) is 0 Å². The number of benzene rings is 1. The lowest BCUT2D eigenvalue weighted by Crippen LogP contribution is -2.16. The van der Waals surface area contributed by atoms with Gasteiger partial charge in [-0.05, 0) is 66.5 Å². The molecule has 0 saturated heterocycles. The molecule has 0 atom stereocenters. The molecule has 96 valence electrons. The Morgan fingerprint density at radius 1 is 1.29 bits per heavy atom. The van der Waals surface area contributed by atoms with E-state index in [2.05, 4.69) is 28.2 Å². The standard InChI is InChI=1S/C13H19BrFNO/c1-2-7-16-8-3-4-9-17-13-6-5-11(15)10-12(13)14/h5-6,10,16H,2-4,7-9H2,1H3. The van der Waals surface area contributed by atoms with Gasteiger partial charge in [0.05, 0.1) is 11.1 Å². The van der Waals surface area contributed by atoms with Crippen LogP contribution in [-0.4, -0.2) is 19.7 Å². The Morgan fingerprint density at radius 2 is 2.12 bits per heavy atom. The van der Waals surface area contributed by atoms with E-state index in [4.69, 9.17) is 4.74 Å². The molecule has 0 heterocycles. The van der Waals surface area contributed by atoms with Crippen LogP contribution in [0.5, 0.6) is 5.75 Å². The monoisotopic (exact) mass is 303 g/mol. The van der Waals surface area contributed by atoms with Crippen LogP contribution in [0.1, 0.15) is 26.2 Å². The lowest BCUT2D eigenvalue weighted by Gasteiger charge is -2.08. The van der Waals surface area contributed by atoms with Gasteiger partial charge < -0.3 is 10.1 Å². The van der Waals surface area contributed by atoms with E-state index in [0.717, 1.165) is 25.9 Å². The highest BCUT2D eigenvalue weighted by Gasteiger charge is 2.01. The van der Waals surface area contributed by atoms with Crippen molar-refractivity contribution in [2.45, 2.75) is 26.2 Å². The minimum Gasteiger partial charge on any atom is -0.492 e. The SMILES string of the molecule is CCCNCCCCOc1ccc(F)cc1Br. The van der Waals surface area contributed by atoms with Gasteiger partial charge >= 0.3 is 0 Å². The molecule has 0 amide bonds. The van der Waals surface area contributed by atoms with E-state index in [0.29, 0.717) is 16.8 Å². The molecule has 0 spiro atoms. The molecule has 0 aliphatic carbocycles. The quantitative estimate of drug-likeness (QED) is 0.739. The summed E-state index contributed by atoms with van der Waals surface area (Å²) in [6.45, 7) is 4.92. The van der Waals surface area contributed by atoms with Gasteiger partial charge in [0.2, 0.25) is 0 Å². The zero-order chi connectivity index (χ0) is 12.5. The van der Waals surface area contributed by atoms with Crippen LogP contribution in [0, 0.1) is 5.82 Å². The summed E-state index contributed by atoms with van der Waals surface area (Å²) < 4.78 is 19.0. The Balaban J connectivity index is 2.14. The fraction of sp³-hybridized carbons (Fsp3) is 0.538. The molecule has 0 aliphatic rings. The number of halogens is 2. The molecule has 2 nitrogen and oxygen atoms in total. The maximum absolute atomic E-state index is 12.8. The first kappa shape index (κ1) is 14.5. The van der Waals surface area contributed by atoms with Crippen molar-refractivity contribution in [3.05, 3.63) is 28.5 Å². The second kappa shape index (κ2) is 8.48. The Kier molecular flexibility index (Phi) is 7.21. The second-order valence-corrected chi connectivity index (χ2v) is 4.73. The molecular formula is C13H19BrFNO. The van der Waals surface area contributed by atoms with E-state index < -0.39 is 0 Å². The number of unbranched alkanes of at least 4 members (excludes halogenated alkanes) is 1. The topological polar surface area (TPSA) is 21.3 Å². The van der Waals surface area contributed by atoms with Crippen molar-refractivity contribution in [2.75, 3.05) is 19.7 Å². The average Bonchev–Trinajstić information content (AvgIpc) is 2.30. The van der Waals surface area contributed by atoms with Crippen molar-refractivity contribution < 1.29 is 9.13 Å². The van der Waals surface area contributed by atoms with Gasteiger partial charge in [-0.2, -0.15) is 0 Å². The normalized spacial score (nSPS) is 10.5. The van der Waals surface area contributed by atoms with Crippen molar-refractivity contribution in [3.63, 3.8) is 0 Å². The molecule has 1 rings (SSSR count). The highest BCUT2D eigenvalue weighted by atomic mass is 79.9. The number of rotatable bonds is 8. The van der Waals surface area contributed by atoms with E-state index in [-0.39, 0.29) is 5.82 Å². The summed E-state index contributed by atoms with van der Waals surface area (Å²) in [5.74, 6) is 0.445. The van der Waals surface area contributed by atoms with Gasteiger partial charge in [-0.25, -0.2) is 4.39 Å². The van der Waals surface area contributed by atoms with Crippen LogP contribution in [0.3, 0.4) is 0 Å². The molecule has 0 aromatic heterocycles. The molecule has 17 heavy (non-hydrogen) atoms. The predicted molar refractivity (Wildman–Crippen MR) is 72.0 cm³/mol. The van der Waals surface area contributed by atoms with Crippen molar-refractivity contribution in [1.29, 1.82) is 0 Å². The summed E-state index contributed by atoms with van der Waals surface area (Å²) in [6, 6.07) is 4.47. The number of hydrogen-bond acceptors (Lipinski definition) is 2.